The molecular formula is C27H28O2. The van der Waals surface area contributed by atoms with Crippen LogP contribution >= 0.6 is 0 Å². The van der Waals surface area contributed by atoms with Gasteiger partial charge in [-0.1, -0.05) is 123 Å². The normalized spacial score (nSPS) is 8.97. The van der Waals surface area contributed by atoms with Crippen LogP contribution in [0.1, 0.15) is 28.7 Å². The number of carbonyl (C=O) groups is 1. The third-order valence-electron chi connectivity index (χ3n) is 3.91. The molecule has 0 bridgehead atoms. The highest BCUT2D eigenvalue weighted by Crippen LogP contribution is 2.05. The van der Waals surface area contributed by atoms with Gasteiger partial charge in [0.05, 0.1) is 0 Å². The molecule has 0 saturated carbocycles. The minimum atomic E-state index is -0.742. The van der Waals surface area contributed by atoms with Crippen LogP contribution in [0.15, 0.2) is 105 Å². The first-order chi connectivity index (χ1) is 14.1. The van der Waals surface area contributed by atoms with E-state index in [1.165, 1.54) is 5.56 Å². The van der Waals surface area contributed by atoms with Gasteiger partial charge in [0.15, 0.2) is 0 Å². The summed E-state index contributed by atoms with van der Waals surface area (Å²) in [4.78, 5) is 10.2. The molecule has 3 rings (SSSR count). The Morgan fingerprint density at radius 3 is 1.38 bits per heavy atom. The summed E-state index contributed by atoms with van der Waals surface area (Å²) in [6.45, 7) is 11.0. The molecule has 2 heteroatoms. The van der Waals surface area contributed by atoms with Crippen molar-refractivity contribution in [2.45, 2.75) is 12.8 Å². The van der Waals surface area contributed by atoms with E-state index < -0.39 is 5.97 Å². The van der Waals surface area contributed by atoms with Gasteiger partial charge >= 0.3 is 5.97 Å². The molecule has 0 atom stereocenters. The van der Waals surface area contributed by atoms with Crippen molar-refractivity contribution >= 4 is 24.2 Å². The van der Waals surface area contributed by atoms with Crippen molar-refractivity contribution in [3.05, 3.63) is 127 Å². The van der Waals surface area contributed by atoms with Crippen LogP contribution in [0.4, 0.5) is 0 Å². The number of hydrogen-bond acceptors (Lipinski definition) is 1. The van der Waals surface area contributed by atoms with E-state index in [4.69, 9.17) is 5.11 Å². The van der Waals surface area contributed by atoms with Crippen LogP contribution < -0.4 is 0 Å². The quantitative estimate of drug-likeness (QED) is 0.496. The predicted molar refractivity (Wildman–Crippen MR) is 126 cm³/mol. The average molecular weight is 385 g/mol. The van der Waals surface area contributed by atoms with Crippen molar-refractivity contribution in [1.29, 1.82) is 0 Å². The Morgan fingerprint density at radius 2 is 1.03 bits per heavy atom. The molecule has 0 aromatic heterocycles. The first kappa shape index (κ1) is 23.4. The molecule has 0 aliphatic rings. The Balaban J connectivity index is 0.000000220. The van der Waals surface area contributed by atoms with Crippen LogP contribution in [0.3, 0.4) is 0 Å². The third kappa shape index (κ3) is 10.9. The number of rotatable bonds is 6. The standard InChI is InChI=1S/C10H10.C9H10O2.C8H8/c1-3-9-5-7-10(4-2)8-6-9;10-9(11)7-6-8-4-2-1-3-5-8;1-2-8-6-4-3-5-7-8/h3-8H,1-2H2;1-5H,6-7H2,(H,10,11);2-7H,1H2. The van der Waals surface area contributed by atoms with Crippen LogP contribution in [-0.4, -0.2) is 11.1 Å². The molecule has 3 aromatic carbocycles. The van der Waals surface area contributed by atoms with Gasteiger partial charge in [-0.15, -0.1) is 0 Å². The van der Waals surface area contributed by atoms with Crippen LogP contribution in [0.25, 0.3) is 18.2 Å². The van der Waals surface area contributed by atoms with Crippen molar-refractivity contribution in [3.63, 3.8) is 0 Å². The van der Waals surface area contributed by atoms with Gasteiger partial charge in [0.1, 0.15) is 0 Å². The molecule has 1 N–H and O–H groups in total. The molecule has 0 radical (unpaired) electrons. The van der Waals surface area contributed by atoms with E-state index in [0.717, 1.165) is 16.7 Å². The van der Waals surface area contributed by atoms with Crippen molar-refractivity contribution in [1.82, 2.24) is 0 Å². The summed E-state index contributed by atoms with van der Waals surface area (Å²) in [6, 6.07) is 27.7. The number of aryl methyl sites for hydroxylation is 1. The van der Waals surface area contributed by atoms with Gasteiger partial charge in [0, 0.05) is 6.42 Å². The van der Waals surface area contributed by atoms with E-state index in [1.54, 1.807) is 0 Å². The fourth-order valence-corrected chi connectivity index (χ4v) is 2.25. The van der Waals surface area contributed by atoms with Crippen molar-refractivity contribution in [3.8, 4) is 0 Å². The lowest BCUT2D eigenvalue weighted by atomic mass is 10.1. The summed E-state index contributed by atoms with van der Waals surface area (Å²) < 4.78 is 0. The Morgan fingerprint density at radius 1 is 0.655 bits per heavy atom. The van der Waals surface area contributed by atoms with Crippen molar-refractivity contribution < 1.29 is 9.90 Å². The van der Waals surface area contributed by atoms with Gasteiger partial charge in [-0.05, 0) is 28.7 Å². The predicted octanol–water partition coefficient (Wildman–Crippen LogP) is 7.01. The van der Waals surface area contributed by atoms with E-state index in [1.807, 2.05) is 103 Å². The zero-order chi connectivity index (χ0) is 21.3. The van der Waals surface area contributed by atoms with E-state index in [9.17, 15) is 4.79 Å². The van der Waals surface area contributed by atoms with Gasteiger partial charge < -0.3 is 5.11 Å². The molecule has 2 nitrogen and oxygen atoms in total. The number of aliphatic carboxylic acids is 1. The Hall–Kier alpha value is -3.65. The minimum Gasteiger partial charge on any atom is -0.481 e. The number of hydrogen-bond donors (Lipinski definition) is 1. The number of carboxylic acid groups (broad SMARTS) is 1. The van der Waals surface area contributed by atoms with Gasteiger partial charge in [-0.25, -0.2) is 0 Å². The SMILES string of the molecule is C=Cc1ccc(C=C)cc1.C=Cc1ccccc1.O=C(O)CCc1ccccc1. The number of carboxylic acids is 1. The summed E-state index contributed by atoms with van der Waals surface area (Å²) >= 11 is 0. The lowest BCUT2D eigenvalue weighted by molar-refractivity contribution is -0.136. The van der Waals surface area contributed by atoms with Crippen molar-refractivity contribution in [2.24, 2.45) is 0 Å². The largest absolute Gasteiger partial charge is 0.481 e. The van der Waals surface area contributed by atoms with Gasteiger partial charge in [-0.3, -0.25) is 4.79 Å². The highest BCUT2D eigenvalue weighted by molar-refractivity contribution is 5.67. The number of benzene rings is 3. The second kappa shape index (κ2) is 14.4. The molecule has 0 aliphatic heterocycles. The molecule has 0 fully saturated rings. The topological polar surface area (TPSA) is 37.3 Å². The second-order valence-corrected chi connectivity index (χ2v) is 6.07. The van der Waals surface area contributed by atoms with Gasteiger partial charge in [-0.2, -0.15) is 0 Å². The minimum absolute atomic E-state index is 0.212. The molecule has 0 aliphatic carbocycles. The molecule has 148 valence electrons. The van der Waals surface area contributed by atoms with Gasteiger partial charge in [0.2, 0.25) is 0 Å². The molecule has 0 saturated heterocycles. The van der Waals surface area contributed by atoms with Gasteiger partial charge in [0.25, 0.3) is 0 Å². The van der Waals surface area contributed by atoms with E-state index in [-0.39, 0.29) is 6.42 Å². The zero-order valence-corrected chi connectivity index (χ0v) is 16.7. The van der Waals surface area contributed by atoms with E-state index in [2.05, 4.69) is 19.7 Å². The van der Waals surface area contributed by atoms with Crippen molar-refractivity contribution in [2.75, 3.05) is 0 Å². The second-order valence-electron chi connectivity index (χ2n) is 6.07. The molecule has 3 aromatic rings. The summed E-state index contributed by atoms with van der Waals surface area (Å²) in [5.74, 6) is -0.742. The fraction of sp³-hybridized carbons (Fsp3) is 0.0741. The molecule has 0 spiro atoms. The molecule has 0 unspecified atom stereocenters. The fourth-order valence-electron chi connectivity index (χ4n) is 2.25. The molecule has 0 heterocycles. The molecular weight excluding hydrogens is 356 g/mol. The Kier molecular flexibility index (Phi) is 11.6. The van der Waals surface area contributed by atoms with Crippen LogP contribution in [0.2, 0.25) is 0 Å². The lowest BCUT2D eigenvalue weighted by Crippen LogP contribution is -1.96. The molecule has 29 heavy (non-hydrogen) atoms. The zero-order valence-electron chi connectivity index (χ0n) is 16.7. The van der Waals surface area contributed by atoms with Crippen LogP contribution in [-0.2, 0) is 11.2 Å². The summed E-state index contributed by atoms with van der Waals surface area (Å²) in [6.07, 6.45) is 6.32. The Bertz CT molecular complexity index is 836. The van der Waals surface area contributed by atoms with E-state index in [0.29, 0.717) is 6.42 Å². The van der Waals surface area contributed by atoms with E-state index >= 15 is 0 Å². The maximum absolute atomic E-state index is 10.2. The monoisotopic (exact) mass is 384 g/mol. The first-order valence-corrected chi connectivity index (χ1v) is 9.37. The smallest absolute Gasteiger partial charge is 0.303 e. The summed E-state index contributed by atoms with van der Waals surface area (Å²) in [5, 5.41) is 8.37. The third-order valence-corrected chi connectivity index (χ3v) is 3.91. The highest BCUT2D eigenvalue weighted by atomic mass is 16.4. The maximum atomic E-state index is 10.2. The van der Waals surface area contributed by atoms with Crippen LogP contribution in [0.5, 0.6) is 0 Å². The average Bonchev–Trinajstić information content (AvgIpc) is 2.80. The summed E-state index contributed by atoms with van der Waals surface area (Å²) in [7, 11) is 0. The summed E-state index contributed by atoms with van der Waals surface area (Å²) in [5.41, 5.74) is 4.54. The maximum Gasteiger partial charge on any atom is 0.303 e. The highest BCUT2D eigenvalue weighted by Gasteiger charge is 1.96. The Labute approximate surface area is 174 Å². The van der Waals surface area contributed by atoms with Crippen LogP contribution in [0, 0.1) is 0 Å². The first-order valence-electron chi connectivity index (χ1n) is 9.37. The molecule has 0 amide bonds. The lowest BCUT2D eigenvalue weighted by Gasteiger charge is -1.95.